The molecule has 3 aromatic rings. The Bertz CT molecular complexity index is 1020. The molecule has 0 radical (unpaired) electrons. The first-order chi connectivity index (χ1) is 12.3. The molecule has 0 aliphatic carbocycles. The third-order valence-corrected chi connectivity index (χ3v) is 4.24. The van der Waals surface area contributed by atoms with Crippen LogP contribution in [0, 0.1) is 6.92 Å². The number of aromatic nitrogens is 2. The van der Waals surface area contributed by atoms with Crippen LogP contribution in [0.3, 0.4) is 0 Å². The molecule has 1 heterocycles. The van der Waals surface area contributed by atoms with E-state index in [1.54, 1.807) is 36.4 Å². The molecule has 1 aromatic heterocycles. The average Bonchev–Trinajstić information content (AvgIpc) is 3.02. The van der Waals surface area contributed by atoms with Crippen LogP contribution in [0.25, 0.3) is 11.4 Å². The van der Waals surface area contributed by atoms with Crippen LogP contribution in [0.1, 0.15) is 11.5 Å². The van der Waals surface area contributed by atoms with E-state index >= 15 is 0 Å². The molecule has 0 aliphatic rings. The summed E-state index contributed by atoms with van der Waals surface area (Å²) in [5, 5.41) is 4.56. The van der Waals surface area contributed by atoms with Crippen molar-refractivity contribution in [3.05, 3.63) is 58.9 Å². The van der Waals surface area contributed by atoms with E-state index in [9.17, 15) is 8.42 Å². The number of sulfonamides is 1. The van der Waals surface area contributed by atoms with Crippen molar-refractivity contribution in [2.75, 3.05) is 11.0 Å². The lowest BCUT2D eigenvalue weighted by Crippen LogP contribution is -2.09. The topological polar surface area (TPSA) is 94.3 Å². The van der Waals surface area contributed by atoms with E-state index in [1.165, 1.54) is 0 Å². The molecule has 9 heteroatoms. The number of benzene rings is 2. The summed E-state index contributed by atoms with van der Waals surface area (Å²) in [6.45, 7) is 2.02. The van der Waals surface area contributed by atoms with Gasteiger partial charge in [-0.05, 0) is 55.0 Å². The maximum Gasteiger partial charge on any atom is 0.264 e. The van der Waals surface area contributed by atoms with Crippen molar-refractivity contribution in [3.8, 4) is 17.1 Å². The van der Waals surface area contributed by atoms with E-state index in [4.69, 9.17) is 20.9 Å². The van der Waals surface area contributed by atoms with Gasteiger partial charge in [-0.15, -0.1) is 0 Å². The van der Waals surface area contributed by atoms with Gasteiger partial charge in [0.05, 0.1) is 6.26 Å². The van der Waals surface area contributed by atoms with E-state index in [2.05, 4.69) is 14.9 Å². The van der Waals surface area contributed by atoms with Crippen molar-refractivity contribution >= 4 is 27.3 Å². The van der Waals surface area contributed by atoms with Gasteiger partial charge in [0.1, 0.15) is 5.75 Å². The molecule has 0 saturated heterocycles. The Labute approximate surface area is 156 Å². The lowest BCUT2D eigenvalue weighted by atomic mass is 10.2. The molecule has 1 N–H and O–H groups in total. The molecule has 0 amide bonds. The van der Waals surface area contributed by atoms with Crippen molar-refractivity contribution in [1.29, 1.82) is 0 Å². The van der Waals surface area contributed by atoms with Gasteiger partial charge in [-0.2, -0.15) is 4.98 Å². The van der Waals surface area contributed by atoms with Crippen LogP contribution in [-0.4, -0.2) is 24.8 Å². The van der Waals surface area contributed by atoms with Crippen molar-refractivity contribution in [3.63, 3.8) is 0 Å². The minimum Gasteiger partial charge on any atom is -0.483 e. The van der Waals surface area contributed by atoms with Crippen LogP contribution in [-0.2, 0) is 16.6 Å². The average molecular weight is 394 g/mol. The molecule has 0 unspecified atom stereocenters. The van der Waals surface area contributed by atoms with Gasteiger partial charge in [0.2, 0.25) is 15.8 Å². The van der Waals surface area contributed by atoms with Crippen molar-refractivity contribution in [2.24, 2.45) is 0 Å². The molecule has 0 fully saturated rings. The predicted molar refractivity (Wildman–Crippen MR) is 98.7 cm³/mol. The third-order valence-electron chi connectivity index (χ3n) is 3.40. The fraction of sp³-hybridized carbons (Fsp3) is 0.176. The summed E-state index contributed by atoms with van der Waals surface area (Å²) in [5.74, 6) is 1.40. The maximum absolute atomic E-state index is 11.2. The molecule has 0 spiro atoms. The van der Waals surface area contributed by atoms with Gasteiger partial charge in [0.15, 0.2) is 6.61 Å². The number of ether oxygens (including phenoxy) is 1. The molecule has 0 aliphatic heterocycles. The molecule has 136 valence electrons. The van der Waals surface area contributed by atoms with E-state index in [1.807, 2.05) is 13.0 Å². The van der Waals surface area contributed by atoms with Crippen molar-refractivity contribution in [2.45, 2.75) is 13.5 Å². The van der Waals surface area contributed by atoms with Crippen LogP contribution in [0.4, 0.5) is 5.69 Å². The Morgan fingerprint density at radius 1 is 1.19 bits per heavy atom. The second kappa shape index (κ2) is 7.35. The maximum atomic E-state index is 11.2. The second-order valence-corrected chi connectivity index (χ2v) is 7.85. The lowest BCUT2D eigenvalue weighted by Gasteiger charge is -2.06. The summed E-state index contributed by atoms with van der Waals surface area (Å²) in [6, 6.07) is 12.0. The number of hydrogen-bond donors (Lipinski definition) is 1. The zero-order valence-corrected chi connectivity index (χ0v) is 15.6. The van der Waals surface area contributed by atoms with Crippen LogP contribution in [0.2, 0.25) is 5.02 Å². The van der Waals surface area contributed by atoms with Gasteiger partial charge in [-0.3, -0.25) is 4.72 Å². The second-order valence-electron chi connectivity index (χ2n) is 5.66. The van der Waals surface area contributed by atoms with E-state index in [0.717, 1.165) is 11.8 Å². The van der Waals surface area contributed by atoms with E-state index in [0.29, 0.717) is 33.7 Å². The SMILES string of the molecule is Cc1cc(Cl)ccc1OCc1nc(-c2ccc(NS(C)(=O)=O)cc2)no1. The highest BCUT2D eigenvalue weighted by molar-refractivity contribution is 7.92. The summed E-state index contributed by atoms with van der Waals surface area (Å²) < 4.78 is 35.7. The smallest absolute Gasteiger partial charge is 0.264 e. The van der Waals surface area contributed by atoms with E-state index in [-0.39, 0.29) is 6.61 Å². The summed E-state index contributed by atoms with van der Waals surface area (Å²) in [4.78, 5) is 4.28. The molecule has 7 nitrogen and oxygen atoms in total. The van der Waals surface area contributed by atoms with Gasteiger partial charge >= 0.3 is 0 Å². The van der Waals surface area contributed by atoms with Crippen LogP contribution in [0.5, 0.6) is 5.75 Å². The first-order valence-corrected chi connectivity index (χ1v) is 9.87. The molecule has 2 aromatic carbocycles. The summed E-state index contributed by atoms with van der Waals surface area (Å²) in [5.41, 5.74) is 2.06. The van der Waals surface area contributed by atoms with Gasteiger partial charge in [-0.1, -0.05) is 16.8 Å². The highest BCUT2D eigenvalue weighted by atomic mass is 35.5. The fourth-order valence-corrected chi connectivity index (χ4v) is 3.04. The fourth-order valence-electron chi connectivity index (χ4n) is 2.25. The molecule has 0 atom stereocenters. The quantitative estimate of drug-likeness (QED) is 0.686. The van der Waals surface area contributed by atoms with Crippen molar-refractivity contribution < 1.29 is 17.7 Å². The third kappa shape index (κ3) is 4.74. The minimum absolute atomic E-state index is 0.128. The highest BCUT2D eigenvalue weighted by Crippen LogP contribution is 2.23. The number of anilines is 1. The van der Waals surface area contributed by atoms with Gasteiger partial charge < -0.3 is 9.26 Å². The van der Waals surface area contributed by atoms with Gasteiger partial charge in [0, 0.05) is 16.3 Å². The van der Waals surface area contributed by atoms with Crippen LogP contribution < -0.4 is 9.46 Å². The Morgan fingerprint density at radius 2 is 1.92 bits per heavy atom. The monoisotopic (exact) mass is 393 g/mol. The van der Waals surface area contributed by atoms with Gasteiger partial charge in [0.25, 0.3) is 5.89 Å². The highest BCUT2D eigenvalue weighted by Gasteiger charge is 2.11. The molecule has 26 heavy (non-hydrogen) atoms. The first kappa shape index (κ1) is 18.2. The Hall–Kier alpha value is -2.58. The lowest BCUT2D eigenvalue weighted by molar-refractivity contribution is 0.242. The van der Waals surface area contributed by atoms with E-state index < -0.39 is 10.0 Å². The minimum atomic E-state index is -3.32. The molecular weight excluding hydrogens is 378 g/mol. The number of halogens is 1. The summed E-state index contributed by atoms with van der Waals surface area (Å²) in [6.07, 6.45) is 1.09. The number of nitrogens with one attached hydrogen (secondary N) is 1. The summed E-state index contributed by atoms with van der Waals surface area (Å²) in [7, 11) is -3.32. The number of nitrogens with zero attached hydrogens (tertiary/aromatic N) is 2. The van der Waals surface area contributed by atoms with Crippen LogP contribution >= 0.6 is 11.6 Å². The number of rotatable bonds is 6. The molecule has 0 bridgehead atoms. The van der Waals surface area contributed by atoms with Crippen molar-refractivity contribution in [1.82, 2.24) is 10.1 Å². The van der Waals surface area contributed by atoms with Gasteiger partial charge in [-0.25, -0.2) is 8.42 Å². The molecule has 0 saturated carbocycles. The Balaban J connectivity index is 1.67. The number of hydrogen-bond acceptors (Lipinski definition) is 6. The summed E-state index contributed by atoms with van der Waals surface area (Å²) >= 11 is 5.92. The zero-order chi connectivity index (χ0) is 18.7. The van der Waals surface area contributed by atoms with Crippen LogP contribution in [0.15, 0.2) is 47.0 Å². The largest absolute Gasteiger partial charge is 0.483 e. The first-order valence-electron chi connectivity index (χ1n) is 7.60. The molecular formula is C17H16ClN3O4S. The Morgan fingerprint density at radius 3 is 2.58 bits per heavy atom. The molecule has 3 rings (SSSR count). The Kier molecular flexibility index (Phi) is 5.15. The normalized spacial score (nSPS) is 11.3. The standard InChI is InChI=1S/C17H16ClN3O4S/c1-11-9-13(18)5-8-15(11)24-10-16-19-17(20-25-16)12-3-6-14(7-4-12)21-26(2,22)23/h3-9,21H,10H2,1-2H3. The zero-order valence-electron chi connectivity index (χ0n) is 14.1. The predicted octanol–water partition coefficient (Wildman–Crippen LogP) is 3.65. The number of aryl methyl sites for hydroxylation is 1.